The third-order valence-electron chi connectivity index (χ3n) is 4.65. The number of carbonyl (C=O) groups is 1. The maximum absolute atomic E-state index is 11.9. The number of hydrogen-bond donors (Lipinski definition) is 3. The summed E-state index contributed by atoms with van der Waals surface area (Å²) in [6, 6.07) is 0. The summed E-state index contributed by atoms with van der Waals surface area (Å²) in [4.78, 5) is 39.4. The Bertz CT molecular complexity index is 665. The van der Waals surface area contributed by atoms with E-state index >= 15 is 0 Å². The Balaban J connectivity index is 1.69. The van der Waals surface area contributed by atoms with E-state index in [1.54, 1.807) is 6.92 Å². The smallest absolute Gasteiger partial charge is 0.325 e. The van der Waals surface area contributed by atoms with Gasteiger partial charge < -0.3 is 15.0 Å². The number of amides is 1. The van der Waals surface area contributed by atoms with Crippen molar-refractivity contribution in [3.63, 3.8) is 0 Å². The normalized spacial score (nSPS) is 20.8. The molecule has 2 atom stereocenters. The Kier molecular flexibility index (Phi) is 6.78. The predicted octanol–water partition coefficient (Wildman–Crippen LogP) is 1.02. The van der Waals surface area contributed by atoms with Gasteiger partial charge in [-0.3, -0.25) is 14.6 Å². The van der Waals surface area contributed by atoms with Crippen molar-refractivity contribution in [2.24, 2.45) is 5.92 Å². The third kappa shape index (κ3) is 5.33. The van der Waals surface area contributed by atoms with Crippen molar-refractivity contribution in [1.82, 2.24) is 15.3 Å². The van der Waals surface area contributed by atoms with E-state index in [2.05, 4.69) is 22.2 Å². The van der Waals surface area contributed by atoms with Crippen molar-refractivity contribution in [2.75, 3.05) is 13.2 Å². The molecule has 1 saturated carbocycles. The summed E-state index contributed by atoms with van der Waals surface area (Å²) < 4.78 is 5.85. The lowest BCUT2D eigenvalue weighted by Crippen LogP contribution is -2.32. The molecule has 1 amide bonds. The molecule has 0 bridgehead atoms. The molecule has 24 heavy (non-hydrogen) atoms. The first-order valence-corrected chi connectivity index (χ1v) is 8.67. The number of aromatic amines is 2. The second-order valence-electron chi connectivity index (χ2n) is 6.53. The van der Waals surface area contributed by atoms with E-state index < -0.39 is 11.2 Å². The van der Waals surface area contributed by atoms with Crippen molar-refractivity contribution in [2.45, 2.75) is 58.5 Å². The van der Waals surface area contributed by atoms with Crippen LogP contribution in [-0.2, 0) is 16.0 Å². The van der Waals surface area contributed by atoms with Crippen LogP contribution in [0, 0.1) is 12.8 Å². The molecule has 3 N–H and O–H groups in total. The molecule has 0 radical (unpaired) electrons. The number of H-pyrrole nitrogens is 2. The van der Waals surface area contributed by atoms with Crippen LogP contribution in [0.4, 0.5) is 0 Å². The number of rotatable bonds is 7. The highest BCUT2D eigenvalue weighted by Crippen LogP contribution is 2.25. The lowest BCUT2D eigenvalue weighted by molar-refractivity contribution is -0.121. The number of carbonyl (C=O) groups excluding carboxylic acids is 1. The van der Waals surface area contributed by atoms with Gasteiger partial charge in [-0.15, -0.1) is 0 Å². The van der Waals surface area contributed by atoms with Crippen LogP contribution in [-0.4, -0.2) is 35.1 Å². The van der Waals surface area contributed by atoms with E-state index in [9.17, 15) is 14.4 Å². The molecular formula is C17H27N3O4. The largest absolute Gasteiger partial charge is 0.376 e. The highest BCUT2D eigenvalue weighted by Gasteiger charge is 2.21. The highest BCUT2D eigenvalue weighted by molar-refractivity contribution is 5.76. The van der Waals surface area contributed by atoms with Gasteiger partial charge in [-0.05, 0) is 32.1 Å². The Hall–Kier alpha value is -1.89. The van der Waals surface area contributed by atoms with Gasteiger partial charge in [-0.2, -0.15) is 0 Å². The molecule has 1 aromatic rings. The number of hydrogen-bond acceptors (Lipinski definition) is 4. The van der Waals surface area contributed by atoms with E-state index in [4.69, 9.17) is 4.74 Å². The summed E-state index contributed by atoms with van der Waals surface area (Å²) in [6.07, 6.45) is 5.61. The number of aryl methyl sites for hydroxylation is 1. The van der Waals surface area contributed by atoms with Crippen molar-refractivity contribution in [1.29, 1.82) is 0 Å². The predicted molar refractivity (Wildman–Crippen MR) is 91.1 cm³/mol. The summed E-state index contributed by atoms with van der Waals surface area (Å²) in [5.41, 5.74) is -0.0124. The zero-order chi connectivity index (χ0) is 17.5. The average molecular weight is 337 g/mol. The van der Waals surface area contributed by atoms with Crippen LogP contribution in [0.5, 0.6) is 0 Å². The second kappa shape index (κ2) is 8.82. The quantitative estimate of drug-likeness (QED) is 0.646. The van der Waals surface area contributed by atoms with Crippen molar-refractivity contribution < 1.29 is 9.53 Å². The summed E-state index contributed by atoms with van der Waals surface area (Å²) in [7, 11) is 0. The Morgan fingerprint density at radius 1 is 1.25 bits per heavy atom. The molecule has 0 aliphatic heterocycles. The monoisotopic (exact) mass is 337 g/mol. The standard InChI is InChI=1S/C17H27N3O4/c1-11-5-3-4-6-14(11)24-10-9-18-15(21)8-7-13-12(2)19-17(23)20-16(13)22/h11,14H,3-10H2,1-2H3,(H,18,21)(H2,19,20,22,23)/t11-,14-/m0/s1. The van der Waals surface area contributed by atoms with Gasteiger partial charge in [0, 0.05) is 24.2 Å². The first-order valence-electron chi connectivity index (χ1n) is 8.67. The van der Waals surface area contributed by atoms with Gasteiger partial charge in [0.05, 0.1) is 12.7 Å². The van der Waals surface area contributed by atoms with Crippen LogP contribution < -0.4 is 16.6 Å². The van der Waals surface area contributed by atoms with Crippen molar-refractivity contribution in [3.05, 3.63) is 32.1 Å². The van der Waals surface area contributed by atoms with Crippen LogP contribution in [0.25, 0.3) is 0 Å². The molecule has 1 aromatic heterocycles. The van der Waals surface area contributed by atoms with Crippen LogP contribution in [0.1, 0.15) is 50.3 Å². The second-order valence-corrected chi connectivity index (χ2v) is 6.53. The minimum atomic E-state index is -0.528. The molecule has 0 spiro atoms. The topological polar surface area (TPSA) is 104 Å². The Morgan fingerprint density at radius 2 is 2.00 bits per heavy atom. The average Bonchev–Trinajstić information content (AvgIpc) is 2.52. The summed E-state index contributed by atoms with van der Waals surface area (Å²) in [5, 5.41) is 2.81. The van der Waals surface area contributed by atoms with E-state index in [1.165, 1.54) is 19.3 Å². The van der Waals surface area contributed by atoms with Gasteiger partial charge in [0.2, 0.25) is 5.91 Å². The highest BCUT2D eigenvalue weighted by atomic mass is 16.5. The van der Waals surface area contributed by atoms with E-state index in [0.29, 0.717) is 42.9 Å². The third-order valence-corrected chi connectivity index (χ3v) is 4.65. The summed E-state index contributed by atoms with van der Waals surface area (Å²) in [5.74, 6) is 0.463. The fourth-order valence-electron chi connectivity index (χ4n) is 3.18. The molecular weight excluding hydrogens is 310 g/mol. The maximum Gasteiger partial charge on any atom is 0.325 e. The fraction of sp³-hybridized carbons (Fsp3) is 0.706. The lowest BCUT2D eigenvalue weighted by Gasteiger charge is -2.28. The first-order chi connectivity index (χ1) is 11.5. The molecule has 134 valence electrons. The molecule has 7 nitrogen and oxygen atoms in total. The minimum Gasteiger partial charge on any atom is -0.376 e. The molecule has 1 fully saturated rings. The summed E-state index contributed by atoms with van der Waals surface area (Å²) >= 11 is 0. The van der Waals surface area contributed by atoms with Crippen LogP contribution in [0.3, 0.4) is 0 Å². The molecule has 2 rings (SSSR count). The molecule has 7 heteroatoms. The van der Waals surface area contributed by atoms with Gasteiger partial charge in [-0.1, -0.05) is 19.8 Å². The molecule has 0 saturated heterocycles. The zero-order valence-corrected chi connectivity index (χ0v) is 14.4. The summed E-state index contributed by atoms with van der Waals surface area (Å²) in [6.45, 7) is 4.86. The zero-order valence-electron chi connectivity index (χ0n) is 14.4. The van der Waals surface area contributed by atoms with Gasteiger partial charge in [0.1, 0.15) is 0 Å². The molecule has 0 aromatic carbocycles. The Morgan fingerprint density at radius 3 is 2.71 bits per heavy atom. The maximum atomic E-state index is 11.9. The number of ether oxygens (including phenoxy) is 1. The van der Waals surface area contributed by atoms with E-state index in [-0.39, 0.29) is 12.3 Å². The molecule has 1 aliphatic carbocycles. The van der Waals surface area contributed by atoms with Gasteiger partial charge in [0.25, 0.3) is 5.56 Å². The van der Waals surface area contributed by atoms with E-state index in [0.717, 1.165) is 6.42 Å². The van der Waals surface area contributed by atoms with Crippen molar-refractivity contribution >= 4 is 5.91 Å². The number of nitrogens with one attached hydrogen (secondary N) is 3. The Labute approximate surface area is 141 Å². The van der Waals surface area contributed by atoms with Gasteiger partial charge >= 0.3 is 5.69 Å². The fourth-order valence-corrected chi connectivity index (χ4v) is 3.18. The SMILES string of the molecule is Cc1[nH]c(=O)[nH]c(=O)c1CCC(=O)NCCO[C@H]1CCCC[C@@H]1C. The van der Waals surface area contributed by atoms with Gasteiger partial charge in [0.15, 0.2) is 0 Å². The van der Waals surface area contributed by atoms with Gasteiger partial charge in [-0.25, -0.2) is 4.79 Å². The van der Waals surface area contributed by atoms with Crippen LogP contribution >= 0.6 is 0 Å². The molecule has 1 aliphatic rings. The van der Waals surface area contributed by atoms with Crippen molar-refractivity contribution in [3.8, 4) is 0 Å². The minimum absolute atomic E-state index is 0.125. The molecule has 1 heterocycles. The van der Waals surface area contributed by atoms with E-state index in [1.807, 2.05) is 0 Å². The lowest BCUT2D eigenvalue weighted by atomic mass is 9.88. The first kappa shape index (κ1) is 18.4. The van der Waals surface area contributed by atoms with Crippen LogP contribution in [0.15, 0.2) is 9.59 Å². The van der Waals surface area contributed by atoms with Crippen LogP contribution in [0.2, 0.25) is 0 Å². The number of aromatic nitrogens is 2. The molecule has 0 unspecified atom stereocenters.